The molecule has 1 N–H and O–H groups in total. The van der Waals surface area contributed by atoms with E-state index in [2.05, 4.69) is 15.3 Å². The summed E-state index contributed by atoms with van der Waals surface area (Å²) in [4.78, 5) is 8.21. The zero-order chi connectivity index (χ0) is 15.0. The smallest absolute Gasteiger partial charge is 0.216 e. The number of nitrogens with one attached hydrogen (secondary N) is 1. The van der Waals surface area contributed by atoms with Crippen LogP contribution in [-0.2, 0) is 9.84 Å². The second-order valence-corrected chi connectivity index (χ2v) is 6.95. The number of ether oxygens (including phenoxy) is 1. The highest BCUT2D eigenvalue weighted by Gasteiger charge is 2.15. The van der Waals surface area contributed by atoms with Crippen LogP contribution in [0.2, 0.25) is 0 Å². The van der Waals surface area contributed by atoms with Crippen LogP contribution in [-0.4, -0.2) is 43.5 Å². The second-order valence-electron chi connectivity index (χ2n) is 4.47. The molecule has 0 saturated heterocycles. The molecule has 0 radical (unpaired) electrons. The average molecular weight is 301 g/mol. The van der Waals surface area contributed by atoms with Gasteiger partial charge >= 0.3 is 0 Å². The van der Waals surface area contributed by atoms with E-state index < -0.39 is 9.84 Å². The lowest BCUT2D eigenvalue weighted by Crippen LogP contribution is -2.23. The molecular weight excluding hydrogens is 278 g/mol. The van der Waals surface area contributed by atoms with E-state index in [4.69, 9.17) is 4.74 Å². The van der Waals surface area contributed by atoms with E-state index >= 15 is 0 Å². The first-order valence-electron chi connectivity index (χ1n) is 6.82. The summed E-state index contributed by atoms with van der Waals surface area (Å²) in [5, 5.41) is 3.31. The van der Waals surface area contributed by atoms with E-state index in [1.54, 1.807) is 20.1 Å². The molecule has 7 heteroatoms. The third kappa shape index (κ3) is 5.42. The van der Waals surface area contributed by atoms with Gasteiger partial charge in [-0.2, -0.15) is 0 Å². The molecule has 0 saturated carbocycles. The molecule has 0 spiro atoms. The van der Waals surface area contributed by atoms with Crippen molar-refractivity contribution in [2.24, 2.45) is 0 Å². The first-order valence-corrected chi connectivity index (χ1v) is 8.64. The minimum atomic E-state index is -2.91. The van der Waals surface area contributed by atoms with Gasteiger partial charge in [-0.25, -0.2) is 18.4 Å². The van der Waals surface area contributed by atoms with Crippen LogP contribution in [0, 0.1) is 0 Å². The maximum Gasteiger partial charge on any atom is 0.216 e. The van der Waals surface area contributed by atoms with Crippen LogP contribution in [0.1, 0.15) is 38.4 Å². The van der Waals surface area contributed by atoms with Gasteiger partial charge in [0.2, 0.25) is 5.88 Å². The van der Waals surface area contributed by atoms with E-state index in [-0.39, 0.29) is 17.5 Å². The highest BCUT2D eigenvalue weighted by molar-refractivity contribution is 7.91. The molecule has 1 heterocycles. The van der Waals surface area contributed by atoms with E-state index in [1.165, 1.54) is 6.33 Å². The van der Waals surface area contributed by atoms with E-state index in [9.17, 15) is 8.42 Å². The first kappa shape index (κ1) is 16.8. The molecule has 6 nitrogen and oxygen atoms in total. The molecule has 0 aliphatic heterocycles. The second kappa shape index (κ2) is 8.16. The van der Waals surface area contributed by atoms with Gasteiger partial charge < -0.3 is 10.1 Å². The van der Waals surface area contributed by atoms with Crippen molar-refractivity contribution >= 4 is 9.84 Å². The van der Waals surface area contributed by atoms with Gasteiger partial charge in [0.15, 0.2) is 0 Å². The molecule has 0 aliphatic carbocycles. The Kier molecular flexibility index (Phi) is 6.87. The summed E-state index contributed by atoms with van der Waals surface area (Å²) in [6.07, 6.45) is 2.79. The number of rotatable bonds is 9. The lowest BCUT2D eigenvalue weighted by molar-refractivity contribution is 0.393. The summed E-state index contributed by atoms with van der Waals surface area (Å²) in [6.45, 7) is 4.47. The van der Waals surface area contributed by atoms with Gasteiger partial charge in [-0.15, -0.1) is 0 Å². The Labute approximate surface area is 120 Å². The minimum Gasteiger partial charge on any atom is -0.481 e. The fourth-order valence-corrected chi connectivity index (χ4v) is 2.80. The van der Waals surface area contributed by atoms with Crippen molar-refractivity contribution in [2.75, 3.05) is 25.2 Å². The molecule has 1 unspecified atom stereocenters. The minimum absolute atomic E-state index is 0.0176. The summed E-state index contributed by atoms with van der Waals surface area (Å²) in [6, 6.07) is 1.80. The molecule has 20 heavy (non-hydrogen) atoms. The van der Waals surface area contributed by atoms with Gasteiger partial charge in [0.25, 0.3) is 0 Å². The number of hydrogen-bond acceptors (Lipinski definition) is 6. The Morgan fingerprint density at radius 2 is 2.10 bits per heavy atom. The van der Waals surface area contributed by atoms with Crippen molar-refractivity contribution in [3.05, 3.63) is 18.1 Å². The summed E-state index contributed by atoms with van der Waals surface area (Å²) < 4.78 is 28.1. The van der Waals surface area contributed by atoms with Crippen LogP contribution in [0.4, 0.5) is 0 Å². The molecule has 0 aromatic carbocycles. The van der Waals surface area contributed by atoms with Crippen molar-refractivity contribution in [1.82, 2.24) is 15.3 Å². The number of nitrogens with zero attached hydrogens (tertiary/aromatic N) is 2. The highest BCUT2D eigenvalue weighted by atomic mass is 32.2. The summed E-state index contributed by atoms with van der Waals surface area (Å²) in [5.74, 6) is 0.924. The molecule has 0 fully saturated rings. The molecule has 1 aromatic heterocycles. The van der Waals surface area contributed by atoms with E-state index in [0.717, 1.165) is 12.2 Å². The molecule has 0 aliphatic rings. The molecule has 1 rings (SSSR count). The van der Waals surface area contributed by atoms with Gasteiger partial charge in [0.05, 0.1) is 18.6 Å². The van der Waals surface area contributed by atoms with E-state index in [0.29, 0.717) is 18.7 Å². The number of aromatic nitrogens is 2. The van der Waals surface area contributed by atoms with Gasteiger partial charge in [-0.3, -0.25) is 0 Å². The largest absolute Gasteiger partial charge is 0.481 e. The highest BCUT2D eigenvalue weighted by Crippen LogP contribution is 2.19. The maximum atomic E-state index is 11.5. The lowest BCUT2D eigenvalue weighted by atomic mass is 10.1. The average Bonchev–Trinajstić information content (AvgIpc) is 2.46. The molecular formula is C13H23N3O3S. The third-order valence-electron chi connectivity index (χ3n) is 3.07. The normalized spacial score (nSPS) is 13.2. The topological polar surface area (TPSA) is 81.2 Å². The quantitative estimate of drug-likeness (QED) is 0.741. The molecule has 1 atom stereocenters. The maximum absolute atomic E-state index is 11.5. The number of sulfone groups is 1. The summed E-state index contributed by atoms with van der Waals surface area (Å²) in [7, 11) is -1.35. The van der Waals surface area contributed by atoms with Crippen LogP contribution in [0.3, 0.4) is 0 Å². The van der Waals surface area contributed by atoms with Crippen molar-refractivity contribution in [3.63, 3.8) is 0 Å². The zero-order valence-electron chi connectivity index (χ0n) is 12.3. The Balaban J connectivity index is 2.68. The van der Waals surface area contributed by atoms with Gasteiger partial charge in [0, 0.05) is 17.9 Å². The van der Waals surface area contributed by atoms with Gasteiger partial charge in [-0.05, 0) is 19.4 Å². The molecule has 1 aromatic rings. The molecule has 0 amide bonds. The van der Waals surface area contributed by atoms with Crippen molar-refractivity contribution in [1.29, 1.82) is 0 Å². The van der Waals surface area contributed by atoms with Crippen LogP contribution in [0.5, 0.6) is 5.88 Å². The Bertz CT molecular complexity index is 505. The fourth-order valence-electron chi connectivity index (χ4n) is 1.91. The van der Waals surface area contributed by atoms with Crippen LogP contribution >= 0.6 is 0 Å². The van der Waals surface area contributed by atoms with Gasteiger partial charge in [0.1, 0.15) is 16.2 Å². The monoisotopic (exact) mass is 301 g/mol. The standard InChI is InChI=1S/C13H23N3O3S/c1-4-14-11(7-6-8-20(17,18)5-2)12-9-13(19-3)16-10-15-12/h9-11,14H,4-8H2,1-3H3. The Morgan fingerprint density at radius 1 is 1.35 bits per heavy atom. The zero-order valence-corrected chi connectivity index (χ0v) is 13.1. The number of hydrogen-bond donors (Lipinski definition) is 1. The third-order valence-corrected chi connectivity index (χ3v) is 4.86. The summed E-state index contributed by atoms with van der Waals surface area (Å²) in [5.41, 5.74) is 0.826. The predicted octanol–water partition coefficient (Wildman–Crippen LogP) is 1.35. The SMILES string of the molecule is CCNC(CCCS(=O)(=O)CC)c1cc(OC)ncn1. The predicted molar refractivity (Wildman–Crippen MR) is 78.6 cm³/mol. The van der Waals surface area contributed by atoms with E-state index in [1.807, 2.05) is 6.92 Å². The van der Waals surface area contributed by atoms with Gasteiger partial charge in [-0.1, -0.05) is 13.8 Å². The molecule has 0 bridgehead atoms. The fraction of sp³-hybridized carbons (Fsp3) is 0.692. The lowest BCUT2D eigenvalue weighted by Gasteiger charge is -2.17. The van der Waals surface area contributed by atoms with Crippen molar-refractivity contribution in [3.8, 4) is 5.88 Å². The van der Waals surface area contributed by atoms with Crippen LogP contribution in [0.25, 0.3) is 0 Å². The van der Waals surface area contributed by atoms with Crippen molar-refractivity contribution in [2.45, 2.75) is 32.7 Å². The number of methoxy groups -OCH3 is 1. The summed E-state index contributed by atoms with van der Waals surface area (Å²) >= 11 is 0. The Morgan fingerprint density at radius 3 is 2.70 bits per heavy atom. The van der Waals surface area contributed by atoms with Crippen LogP contribution < -0.4 is 10.1 Å². The van der Waals surface area contributed by atoms with Crippen LogP contribution in [0.15, 0.2) is 12.4 Å². The van der Waals surface area contributed by atoms with Crippen molar-refractivity contribution < 1.29 is 13.2 Å². The first-order chi connectivity index (χ1) is 9.52. The molecule has 114 valence electrons. The Hall–Kier alpha value is -1.21.